The maximum atomic E-state index is 6.10. The lowest BCUT2D eigenvalue weighted by molar-refractivity contribution is 0.107. The van der Waals surface area contributed by atoms with Gasteiger partial charge in [-0.1, -0.05) is 19.9 Å². The van der Waals surface area contributed by atoms with Crippen molar-refractivity contribution in [1.29, 1.82) is 0 Å². The lowest BCUT2D eigenvalue weighted by Crippen LogP contribution is -2.52. The molecule has 0 aliphatic carbocycles. The monoisotopic (exact) mass is 274 g/mol. The van der Waals surface area contributed by atoms with E-state index in [4.69, 9.17) is 4.74 Å². The second-order valence-corrected chi connectivity index (χ2v) is 6.42. The van der Waals surface area contributed by atoms with Gasteiger partial charge in [-0.15, -0.1) is 0 Å². The third-order valence-corrected chi connectivity index (χ3v) is 4.66. The third-order valence-electron chi connectivity index (χ3n) is 4.66. The fourth-order valence-corrected chi connectivity index (χ4v) is 3.30. The van der Waals surface area contributed by atoms with Crippen molar-refractivity contribution in [2.45, 2.75) is 39.2 Å². The number of hydrogen-bond donors (Lipinski definition) is 1. The Labute approximate surface area is 122 Å². The van der Waals surface area contributed by atoms with Gasteiger partial charge in [-0.05, 0) is 42.0 Å². The van der Waals surface area contributed by atoms with Crippen molar-refractivity contribution in [3.8, 4) is 5.75 Å². The Morgan fingerprint density at radius 2 is 2.00 bits per heavy atom. The van der Waals surface area contributed by atoms with E-state index in [-0.39, 0.29) is 0 Å². The fourth-order valence-electron chi connectivity index (χ4n) is 3.30. The summed E-state index contributed by atoms with van der Waals surface area (Å²) in [7, 11) is 0. The number of fused-ring (bicyclic) bond motifs is 1. The lowest BCUT2D eigenvalue weighted by atomic mass is 9.92. The number of rotatable bonds is 2. The van der Waals surface area contributed by atoms with Gasteiger partial charge in [0.15, 0.2) is 0 Å². The van der Waals surface area contributed by atoms with Gasteiger partial charge in [0, 0.05) is 32.2 Å². The van der Waals surface area contributed by atoms with Crippen LogP contribution in [0.3, 0.4) is 0 Å². The van der Waals surface area contributed by atoms with Gasteiger partial charge in [-0.2, -0.15) is 0 Å². The first-order chi connectivity index (χ1) is 9.65. The first-order valence-corrected chi connectivity index (χ1v) is 7.86. The Balaban J connectivity index is 1.80. The molecular formula is C17H26N2O. The molecule has 20 heavy (non-hydrogen) atoms. The maximum absolute atomic E-state index is 6.10. The molecule has 0 radical (unpaired) electrons. The number of nitrogens with zero attached hydrogens (tertiary/aromatic N) is 1. The fraction of sp³-hybridized carbons (Fsp3) is 0.647. The molecule has 1 N–H and O–H groups in total. The molecule has 1 aromatic rings. The Bertz CT molecular complexity index is 478. The molecule has 3 nitrogen and oxygen atoms in total. The molecule has 3 rings (SSSR count). The minimum absolute atomic E-state index is 0.549. The van der Waals surface area contributed by atoms with E-state index in [0.29, 0.717) is 12.0 Å². The van der Waals surface area contributed by atoms with Crippen molar-refractivity contribution in [1.82, 2.24) is 10.2 Å². The van der Waals surface area contributed by atoms with Gasteiger partial charge in [0.05, 0.1) is 0 Å². The highest BCUT2D eigenvalue weighted by Gasteiger charge is 2.27. The highest BCUT2D eigenvalue weighted by atomic mass is 16.5. The summed E-state index contributed by atoms with van der Waals surface area (Å²) in [6, 6.07) is 5.14. The van der Waals surface area contributed by atoms with Crippen LogP contribution >= 0.6 is 0 Å². The number of aryl methyl sites for hydroxylation is 1. The summed E-state index contributed by atoms with van der Waals surface area (Å²) < 4.78 is 6.10. The predicted octanol–water partition coefficient (Wildman–Crippen LogP) is 2.33. The van der Waals surface area contributed by atoms with Crippen molar-refractivity contribution in [3.05, 3.63) is 28.8 Å². The molecular weight excluding hydrogens is 248 g/mol. The van der Waals surface area contributed by atoms with E-state index in [1.165, 1.54) is 16.7 Å². The van der Waals surface area contributed by atoms with Crippen LogP contribution in [0.2, 0.25) is 0 Å². The average Bonchev–Trinajstić information content (AvgIpc) is 2.47. The molecule has 0 spiro atoms. The molecule has 1 aromatic carbocycles. The van der Waals surface area contributed by atoms with Gasteiger partial charge in [-0.25, -0.2) is 0 Å². The number of nitrogens with one attached hydrogen (secondary N) is 1. The molecule has 2 aliphatic heterocycles. The summed E-state index contributed by atoms with van der Waals surface area (Å²) in [6.07, 6.45) is 1.14. The van der Waals surface area contributed by atoms with E-state index >= 15 is 0 Å². The van der Waals surface area contributed by atoms with Gasteiger partial charge < -0.3 is 10.1 Å². The van der Waals surface area contributed by atoms with Gasteiger partial charge in [0.1, 0.15) is 12.4 Å². The number of hydrogen-bond acceptors (Lipinski definition) is 3. The van der Waals surface area contributed by atoms with E-state index in [2.05, 4.69) is 43.1 Å². The van der Waals surface area contributed by atoms with E-state index in [0.717, 1.165) is 45.0 Å². The molecule has 110 valence electrons. The quantitative estimate of drug-likeness (QED) is 0.896. The summed E-state index contributed by atoms with van der Waals surface area (Å²) in [5.41, 5.74) is 4.21. The van der Waals surface area contributed by atoms with Crippen molar-refractivity contribution in [2.75, 3.05) is 32.8 Å². The molecule has 1 fully saturated rings. The third kappa shape index (κ3) is 2.70. The van der Waals surface area contributed by atoms with Gasteiger partial charge in [0.2, 0.25) is 0 Å². The van der Waals surface area contributed by atoms with E-state index < -0.39 is 0 Å². The topological polar surface area (TPSA) is 24.5 Å². The minimum atomic E-state index is 0.549. The number of benzene rings is 1. The molecule has 3 heteroatoms. The summed E-state index contributed by atoms with van der Waals surface area (Å²) in [6.45, 7) is 12.1. The number of ether oxygens (including phenoxy) is 1. The summed E-state index contributed by atoms with van der Waals surface area (Å²) >= 11 is 0. The lowest BCUT2D eigenvalue weighted by Gasteiger charge is -2.38. The Morgan fingerprint density at radius 1 is 1.25 bits per heavy atom. The molecule has 1 atom stereocenters. The van der Waals surface area contributed by atoms with Crippen LogP contribution in [0, 0.1) is 6.92 Å². The zero-order chi connectivity index (χ0) is 14.1. The Morgan fingerprint density at radius 3 is 2.70 bits per heavy atom. The maximum Gasteiger partial charge on any atom is 0.123 e. The minimum Gasteiger partial charge on any atom is -0.492 e. The zero-order valence-electron chi connectivity index (χ0n) is 12.9. The molecule has 2 heterocycles. The van der Waals surface area contributed by atoms with Crippen LogP contribution in [0.5, 0.6) is 5.75 Å². The van der Waals surface area contributed by atoms with Crippen molar-refractivity contribution in [2.24, 2.45) is 0 Å². The smallest absolute Gasteiger partial charge is 0.123 e. The van der Waals surface area contributed by atoms with Crippen molar-refractivity contribution in [3.63, 3.8) is 0 Å². The second kappa shape index (κ2) is 5.74. The SMILES string of the molecule is Cc1cc(C(C)C)cc2c1CC(N1CCNCC1)CO2. The van der Waals surface area contributed by atoms with Gasteiger partial charge in [-0.3, -0.25) is 4.90 Å². The standard InChI is InChI=1S/C17H26N2O/c1-12(2)14-8-13(3)16-10-15(11-20-17(16)9-14)19-6-4-18-5-7-19/h8-9,12,15,18H,4-7,10-11H2,1-3H3. The molecule has 1 unspecified atom stereocenters. The largest absolute Gasteiger partial charge is 0.492 e. The molecule has 0 bridgehead atoms. The van der Waals surface area contributed by atoms with Crippen LogP contribution < -0.4 is 10.1 Å². The summed E-state index contributed by atoms with van der Waals surface area (Å²) in [5.74, 6) is 1.69. The van der Waals surface area contributed by atoms with Crippen LogP contribution in [0.1, 0.15) is 36.5 Å². The first kappa shape index (κ1) is 13.9. The van der Waals surface area contributed by atoms with Crippen LogP contribution in [-0.2, 0) is 6.42 Å². The Hall–Kier alpha value is -1.06. The molecule has 1 saturated heterocycles. The molecule has 0 amide bonds. The highest BCUT2D eigenvalue weighted by Crippen LogP contribution is 2.33. The van der Waals surface area contributed by atoms with Crippen LogP contribution in [0.4, 0.5) is 0 Å². The summed E-state index contributed by atoms with van der Waals surface area (Å²) in [4.78, 5) is 2.58. The van der Waals surface area contributed by atoms with Crippen molar-refractivity contribution < 1.29 is 4.74 Å². The van der Waals surface area contributed by atoms with Crippen molar-refractivity contribution >= 4 is 0 Å². The van der Waals surface area contributed by atoms with Gasteiger partial charge in [0.25, 0.3) is 0 Å². The van der Waals surface area contributed by atoms with E-state index in [1.54, 1.807) is 0 Å². The molecule has 0 aromatic heterocycles. The van der Waals surface area contributed by atoms with Gasteiger partial charge >= 0.3 is 0 Å². The predicted molar refractivity (Wildman–Crippen MR) is 82.7 cm³/mol. The number of piperazine rings is 1. The normalized spacial score (nSPS) is 23.5. The highest BCUT2D eigenvalue weighted by molar-refractivity contribution is 5.46. The van der Waals surface area contributed by atoms with E-state index in [1.807, 2.05) is 0 Å². The van der Waals surface area contributed by atoms with Crippen LogP contribution in [0.25, 0.3) is 0 Å². The Kier molecular flexibility index (Phi) is 3.99. The van der Waals surface area contributed by atoms with Crippen LogP contribution in [0.15, 0.2) is 12.1 Å². The average molecular weight is 274 g/mol. The second-order valence-electron chi connectivity index (χ2n) is 6.42. The molecule has 2 aliphatic rings. The van der Waals surface area contributed by atoms with Crippen LogP contribution in [-0.4, -0.2) is 43.7 Å². The summed E-state index contributed by atoms with van der Waals surface area (Å²) in [5, 5.41) is 3.42. The zero-order valence-corrected chi connectivity index (χ0v) is 12.9. The molecule has 0 saturated carbocycles. The van der Waals surface area contributed by atoms with E-state index in [9.17, 15) is 0 Å². The first-order valence-electron chi connectivity index (χ1n) is 7.86.